The van der Waals surface area contributed by atoms with E-state index in [9.17, 15) is 29.9 Å². The Morgan fingerprint density at radius 3 is 2.45 bits per heavy atom. The molecule has 0 aromatic heterocycles. The maximum Gasteiger partial charge on any atom is 0.270 e. The van der Waals surface area contributed by atoms with Crippen LogP contribution in [0, 0.1) is 45.1 Å². The zero-order valence-corrected chi connectivity index (χ0v) is 32.7. The lowest BCUT2D eigenvalue weighted by molar-refractivity contribution is -0.384. The number of ether oxygens (including phenoxy) is 1. The minimum absolute atomic E-state index is 0.00869. The van der Waals surface area contributed by atoms with E-state index in [1.165, 1.54) is 30.7 Å². The Hall–Kier alpha value is -3.62. The first kappa shape index (κ1) is 40.6. The molecule has 4 fully saturated rings. The summed E-state index contributed by atoms with van der Waals surface area (Å²) < 4.78 is 5.93. The third kappa shape index (κ3) is 8.54. The lowest BCUT2D eigenvalue weighted by atomic mass is 9.45. The number of para-hydroxylation sites is 1. The first-order valence-electron chi connectivity index (χ1n) is 18.9. The summed E-state index contributed by atoms with van der Waals surface area (Å²) in [6, 6.07) is 8.59. The molecule has 2 amide bonds. The molecule has 6 rings (SSSR count). The lowest BCUT2D eigenvalue weighted by Gasteiger charge is -2.62. The van der Waals surface area contributed by atoms with Crippen molar-refractivity contribution in [3.05, 3.63) is 57.6 Å². The van der Waals surface area contributed by atoms with E-state index in [4.69, 9.17) is 9.57 Å². The lowest BCUT2D eigenvalue weighted by Crippen LogP contribution is -2.62. The highest BCUT2D eigenvalue weighted by atomic mass is 16.7. The van der Waals surface area contributed by atoms with Crippen LogP contribution in [0.25, 0.3) is 11.1 Å². The van der Waals surface area contributed by atoms with Crippen molar-refractivity contribution in [1.82, 2.24) is 20.6 Å². The molecule has 4 N–H and O–H groups in total. The second-order valence-electron chi connectivity index (χ2n) is 16.8. The number of nitro benzene ring substituents is 1. The van der Waals surface area contributed by atoms with Crippen molar-refractivity contribution in [1.29, 1.82) is 0 Å². The summed E-state index contributed by atoms with van der Waals surface area (Å²) in [5, 5.41) is 41.2. The molecular formula is C40H59N5O8. The van der Waals surface area contributed by atoms with E-state index in [-0.39, 0.29) is 41.2 Å². The minimum atomic E-state index is -0.954. The Labute approximate surface area is 313 Å². The number of hydrogen-bond donors (Lipinski definition) is 4. The van der Waals surface area contributed by atoms with Crippen molar-refractivity contribution in [2.75, 3.05) is 34.4 Å². The summed E-state index contributed by atoms with van der Waals surface area (Å²) in [6.07, 6.45) is 1.03. The molecule has 0 unspecified atom stereocenters. The molecule has 0 spiro atoms. The smallest absolute Gasteiger partial charge is 0.270 e. The Balaban J connectivity index is 1.45. The number of hydrogen-bond acceptors (Lipinski definition) is 10. The number of nitrogens with zero attached hydrogens (tertiary/aromatic N) is 3. The fourth-order valence-corrected chi connectivity index (χ4v) is 9.29. The molecule has 53 heavy (non-hydrogen) atoms. The topological polar surface area (TPSA) is 167 Å². The first-order valence-corrected chi connectivity index (χ1v) is 18.9. The van der Waals surface area contributed by atoms with Gasteiger partial charge in [-0.25, -0.2) is 0 Å². The number of nitro groups is 1. The highest BCUT2D eigenvalue weighted by molar-refractivity contribution is 5.97. The van der Waals surface area contributed by atoms with Gasteiger partial charge in [-0.05, 0) is 81.0 Å². The number of carbonyl (C=O) groups excluding carboxylic acids is 2. The van der Waals surface area contributed by atoms with Crippen LogP contribution in [-0.2, 0) is 16.2 Å². The van der Waals surface area contributed by atoms with Gasteiger partial charge in [-0.2, -0.15) is 5.06 Å². The molecule has 1 saturated heterocycles. The predicted molar refractivity (Wildman–Crippen MR) is 202 cm³/mol. The summed E-state index contributed by atoms with van der Waals surface area (Å²) in [5.41, 5.74) is 1.70. The molecule has 3 aliphatic carbocycles. The molecule has 13 nitrogen and oxygen atoms in total. The van der Waals surface area contributed by atoms with Gasteiger partial charge in [-0.1, -0.05) is 52.8 Å². The highest BCUT2D eigenvalue weighted by Gasteiger charge is 2.57. The van der Waals surface area contributed by atoms with E-state index in [1.807, 2.05) is 25.1 Å². The van der Waals surface area contributed by atoms with Gasteiger partial charge in [-0.3, -0.25) is 24.5 Å². The van der Waals surface area contributed by atoms with Crippen molar-refractivity contribution in [2.24, 2.45) is 35.0 Å². The molecule has 292 valence electrons. The predicted octanol–water partition coefficient (Wildman–Crippen LogP) is 4.64. The Morgan fingerprint density at radius 2 is 1.89 bits per heavy atom. The number of benzene rings is 2. The largest absolute Gasteiger partial charge is 0.496 e. The Morgan fingerprint density at radius 1 is 1.17 bits per heavy atom. The molecule has 2 bridgehead atoms. The van der Waals surface area contributed by atoms with Crippen LogP contribution in [0.4, 0.5) is 5.69 Å². The van der Waals surface area contributed by atoms with Gasteiger partial charge in [0.15, 0.2) is 0 Å². The minimum Gasteiger partial charge on any atom is -0.496 e. The number of amides is 2. The van der Waals surface area contributed by atoms with Gasteiger partial charge in [0, 0.05) is 53.4 Å². The molecule has 2 aromatic rings. The zero-order valence-electron chi connectivity index (χ0n) is 32.7. The summed E-state index contributed by atoms with van der Waals surface area (Å²) in [4.78, 5) is 47.6. The zero-order chi connectivity index (χ0) is 38.9. The van der Waals surface area contributed by atoms with Gasteiger partial charge < -0.3 is 30.5 Å². The SMILES string of the molecule is COc1c(CN2O[C@@H](CO)[C@@H]([C@H](C)O)[C@H]2C(=O)N[C@H]2C[C@H]3C[C@@H]([C@@H]2C)C3(C)C)cccc1-c1cc(C(=O)N[C@@H](CC(C)C)CN(C)C)cc([N+](=O)[O-])c1. The molecule has 2 aromatic carbocycles. The fourth-order valence-electron chi connectivity index (χ4n) is 9.29. The Kier molecular flexibility index (Phi) is 12.6. The van der Waals surface area contributed by atoms with E-state index >= 15 is 0 Å². The van der Waals surface area contributed by atoms with Crippen molar-refractivity contribution < 1.29 is 34.3 Å². The molecular weight excluding hydrogens is 678 g/mol. The van der Waals surface area contributed by atoms with E-state index < -0.39 is 41.6 Å². The number of hydroxylamine groups is 2. The number of likely N-dealkylation sites (N-methyl/N-ethyl adjacent to an activating group) is 1. The van der Waals surface area contributed by atoms with Gasteiger partial charge in [0.05, 0.1) is 31.3 Å². The van der Waals surface area contributed by atoms with Crippen molar-refractivity contribution in [3.8, 4) is 16.9 Å². The number of fused-ring (bicyclic) bond motifs is 2. The summed E-state index contributed by atoms with van der Waals surface area (Å²) in [6.45, 7) is 12.9. The van der Waals surface area contributed by atoms with Crippen LogP contribution in [0.15, 0.2) is 36.4 Å². The first-order chi connectivity index (χ1) is 25.0. The number of non-ortho nitro benzene ring substituents is 1. The third-order valence-corrected chi connectivity index (χ3v) is 12.1. The molecule has 13 heteroatoms. The summed E-state index contributed by atoms with van der Waals surface area (Å²) >= 11 is 0. The van der Waals surface area contributed by atoms with Crippen molar-refractivity contribution in [2.45, 2.75) is 97.7 Å². The summed E-state index contributed by atoms with van der Waals surface area (Å²) in [5.74, 6) is 0.681. The quantitative estimate of drug-likeness (QED) is 0.150. The standard InChI is InChI=1S/C40H59N5O8/c1-22(2)13-29(20-43(7)8)41-38(48)27-14-26(15-30(16-27)45(50)51)31-12-10-11-25(37(31)52-9)19-44-36(35(24(4)47)34(21-46)53-44)39(49)42-33-18-28-17-32(23(33)3)40(28,5)6/h10-12,14-16,22-24,28-29,32-36,46-47H,13,17-21H2,1-9H3,(H,41,48)(H,42,49)/t23-,24-,28+,29-,32-,33-,34-,35+,36-/m0/s1. The van der Waals surface area contributed by atoms with Crippen LogP contribution >= 0.6 is 0 Å². The molecule has 9 atom stereocenters. The van der Waals surface area contributed by atoms with Crippen molar-refractivity contribution in [3.63, 3.8) is 0 Å². The highest BCUT2D eigenvalue weighted by Crippen LogP contribution is 2.61. The molecule has 0 radical (unpaired) electrons. The Bertz CT molecular complexity index is 1640. The van der Waals surface area contributed by atoms with Crippen LogP contribution < -0.4 is 15.4 Å². The number of methoxy groups -OCH3 is 1. The molecule has 4 aliphatic rings. The van der Waals surface area contributed by atoms with E-state index in [2.05, 4.69) is 45.3 Å². The molecule has 1 heterocycles. The number of aliphatic hydroxyl groups excluding tert-OH is 2. The monoisotopic (exact) mass is 737 g/mol. The number of nitrogens with one attached hydrogen (secondary N) is 2. The van der Waals surface area contributed by atoms with Crippen LogP contribution in [-0.4, -0.2) is 102 Å². The van der Waals surface area contributed by atoms with Crippen LogP contribution in [0.2, 0.25) is 0 Å². The van der Waals surface area contributed by atoms with E-state index in [1.54, 1.807) is 25.1 Å². The van der Waals surface area contributed by atoms with E-state index in [0.29, 0.717) is 52.7 Å². The molecule has 3 saturated carbocycles. The van der Waals surface area contributed by atoms with Gasteiger partial charge in [0.1, 0.15) is 17.9 Å². The van der Waals surface area contributed by atoms with Crippen molar-refractivity contribution >= 4 is 17.5 Å². The van der Waals surface area contributed by atoms with Gasteiger partial charge >= 0.3 is 0 Å². The second-order valence-corrected chi connectivity index (χ2v) is 16.8. The van der Waals surface area contributed by atoms with Gasteiger partial charge in [0.25, 0.3) is 11.6 Å². The maximum absolute atomic E-state index is 14.2. The van der Waals surface area contributed by atoms with Crippen LogP contribution in [0.3, 0.4) is 0 Å². The van der Waals surface area contributed by atoms with Crippen LogP contribution in [0.1, 0.15) is 76.7 Å². The average Bonchev–Trinajstić information content (AvgIpc) is 3.46. The third-order valence-electron chi connectivity index (χ3n) is 12.1. The maximum atomic E-state index is 14.2. The number of aliphatic hydroxyl groups is 2. The number of carbonyl (C=O) groups is 2. The van der Waals surface area contributed by atoms with Gasteiger partial charge in [-0.15, -0.1) is 0 Å². The van der Waals surface area contributed by atoms with Crippen LogP contribution in [0.5, 0.6) is 5.75 Å². The van der Waals surface area contributed by atoms with Gasteiger partial charge in [0.2, 0.25) is 5.91 Å². The fraction of sp³-hybridized carbons (Fsp3) is 0.650. The number of rotatable bonds is 15. The normalized spacial score (nSPS) is 27.6. The van der Waals surface area contributed by atoms with E-state index in [0.717, 1.165) is 12.8 Å². The second kappa shape index (κ2) is 16.4. The molecule has 1 aliphatic heterocycles. The summed E-state index contributed by atoms with van der Waals surface area (Å²) in [7, 11) is 5.35. The average molecular weight is 738 g/mol.